The molecular weight excluding hydrogens is 389 g/mol. The van der Waals surface area contributed by atoms with Crippen LogP contribution >= 0.6 is 24.0 Å². The predicted molar refractivity (Wildman–Crippen MR) is 104 cm³/mol. The number of nitrogens with one attached hydrogen (secondary N) is 2. The smallest absolute Gasteiger partial charge is 0.191 e. The van der Waals surface area contributed by atoms with Crippen LogP contribution in [0.1, 0.15) is 65.2 Å². The number of rotatable bonds is 7. The molecule has 0 aromatic carbocycles. The van der Waals surface area contributed by atoms with Gasteiger partial charge in [-0.1, -0.05) is 19.8 Å². The molecule has 2 N–H and O–H groups in total. The zero-order valence-corrected chi connectivity index (χ0v) is 16.7. The molecule has 2 fully saturated rings. The van der Waals surface area contributed by atoms with E-state index in [9.17, 15) is 0 Å². The highest BCUT2D eigenvalue weighted by molar-refractivity contribution is 14.0. The molecule has 0 bridgehead atoms. The Hall–Kier alpha value is -0.0400. The van der Waals surface area contributed by atoms with E-state index >= 15 is 0 Å². The lowest BCUT2D eigenvalue weighted by Gasteiger charge is -2.25. The van der Waals surface area contributed by atoms with E-state index in [1.54, 1.807) is 0 Å². The minimum absolute atomic E-state index is 0. The highest BCUT2D eigenvalue weighted by atomic mass is 127. The molecule has 1 heterocycles. The standard InChI is InChI=1S/C17H33N3O.HI/c1-3-17(10-5-6-11-17)14-20-16(18-4-2)19-12-9-15-8-7-13-21-15;/h15H,3-14H2,1-2H3,(H2,18,19,20);1H. The van der Waals surface area contributed by atoms with E-state index in [1.807, 2.05) is 0 Å². The summed E-state index contributed by atoms with van der Waals surface area (Å²) in [7, 11) is 0. The van der Waals surface area contributed by atoms with Crippen molar-refractivity contribution in [3.63, 3.8) is 0 Å². The van der Waals surface area contributed by atoms with Gasteiger partial charge in [0.15, 0.2) is 5.96 Å². The number of ether oxygens (including phenoxy) is 1. The molecule has 2 aliphatic rings. The highest BCUT2D eigenvalue weighted by Gasteiger charge is 2.31. The van der Waals surface area contributed by atoms with Crippen molar-refractivity contribution in [2.24, 2.45) is 10.4 Å². The molecule has 0 aromatic rings. The fourth-order valence-corrected chi connectivity index (χ4v) is 3.56. The molecule has 1 aliphatic carbocycles. The van der Waals surface area contributed by atoms with Crippen molar-refractivity contribution in [1.29, 1.82) is 0 Å². The Bertz CT molecular complexity index is 324. The van der Waals surface area contributed by atoms with E-state index in [0.29, 0.717) is 11.5 Å². The van der Waals surface area contributed by atoms with Crippen LogP contribution < -0.4 is 10.6 Å². The van der Waals surface area contributed by atoms with Crippen molar-refractivity contribution < 1.29 is 4.74 Å². The van der Waals surface area contributed by atoms with Crippen molar-refractivity contribution in [2.45, 2.75) is 71.3 Å². The van der Waals surface area contributed by atoms with Crippen LogP contribution in [0.3, 0.4) is 0 Å². The quantitative estimate of drug-likeness (QED) is 0.373. The Morgan fingerprint density at radius 1 is 1.18 bits per heavy atom. The fraction of sp³-hybridized carbons (Fsp3) is 0.941. The van der Waals surface area contributed by atoms with Crippen LogP contribution in [0.25, 0.3) is 0 Å². The summed E-state index contributed by atoms with van der Waals surface area (Å²) in [4.78, 5) is 4.86. The highest BCUT2D eigenvalue weighted by Crippen LogP contribution is 2.41. The van der Waals surface area contributed by atoms with Crippen molar-refractivity contribution in [3.05, 3.63) is 0 Å². The van der Waals surface area contributed by atoms with Crippen molar-refractivity contribution in [3.8, 4) is 0 Å². The lowest BCUT2D eigenvalue weighted by Crippen LogP contribution is -2.39. The van der Waals surface area contributed by atoms with Crippen molar-refractivity contribution >= 4 is 29.9 Å². The summed E-state index contributed by atoms with van der Waals surface area (Å²) in [5.74, 6) is 0.982. The maximum Gasteiger partial charge on any atom is 0.191 e. The number of halogens is 1. The first-order chi connectivity index (χ1) is 10.3. The number of guanidine groups is 1. The van der Waals surface area contributed by atoms with Gasteiger partial charge in [0.1, 0.15) is 0 Å². The van der Waals surface area contributed by atoms with Crippen LogP contribution in [0.5, 0.6) is 0 Å². The summed E-state index contributed by atoms with van der Waals surface area (Å²) in [6, 6.07) is 0. The van der Waals surface area contributed by atoms with Crippen LogP contribution in [0.2, 0.25) is 0 Å². The summed E-state index contributed by atoms with van der Waals surface area (Å²) >= 11 is 0. The van der Waals surface area contributed by atoms with E-state index < -0.39 is 0 Å². The molecule has 1 unspecified atom stereocenters. The van der Waals surface area contributed by atoms with Gasteiger partial charge in [-0.15, -0.1) is 24.0 Å². The summed E-state index contributed by atoms with van der Waals surface area (Å²) in [6.07, 6.45) is 10.7. The summed E-state index contributed by atoms with van der Waals surface area (Å²) in [6.45, 7) is 8.23. The molecule has 1 saturated heterocycles. The molecule has 1 saturated carbocycles. The number of hydrogen-bond donors (Lipinski definition) is 2. The summed E-state index contributed by atoms with van der Waals surface area (Å²) in [5, 5.41) is 6.84. The summed E-state index contributed by atoms with van der Waals surface area (Å²) in [5.41, 5.74) is 0.469. The van der Waals surface area contributed by atoms with Gasteiger partial charge in [0.05, 0.1) is 6.10 Å². The van der Waals surface area contributed by atoms with Crippen LogP contribution in [0.15, 0.2) is 4.99 Å². The van der Waals surface area contributed by atoms with Crippen LogP contribution in [0.4, 0.5) is 0 Å². The Labute approximate surface area is 153 Å². The van der Waals surface area contributed by atoms with Gasteiger partial charge in [0.25, 0.3) is 0 Å². The minimum atomic E-state index is 0. The van der Waals surface area contributed by atoms with Gasteiger partial charge in [-0.3, -0.25) is 4.99 Å². The zero-order valence-electron chi connectivity index (χ0n) is 14.3. The van der Waals surface area contributed by atoms with Crippen molar-refractivity contribution in [2.75, 3.05) is 26.2 Å². The molecular formula is C17H34IN3O. The molecule has 22 heavy (non-hydrogen) atoms. The second-order valence-corrected chi connectivity index (χ2v) is 6.61. The first-order valence-electron chi connectivity index (χ1n) is 8.92. The molecule has 0 radical (unpaired) electrons. The maximum absolute atomic E-state index is 5.67. The Morgan fingerprint density at radius 3 is 2.55 bits per heavy atom. The molecule has 0 amide bonds. The predicted octanol–water partition coefficient (Wildman–Crippen LogP) is 3.70. The monoisotopic (exact) mass is 423 g/mol. The van der Waals surface area contributed by atoms with E-state index in [-0.39, 0.29) is 24.0 Å². The molecule has 1 aliphatic heterocycles. The first kappa shape index (κ1) is 20.0. The number of aliphatic imine (C=N–C) groups is 1. The average molecular weight is 423 g/mol. The SMILES string of the molecule is CCNC(=NCC1(CC)CCCC1)NCCC1CCCO1.I. The fourth-order valence-electron chi connectivity index (χ4n) is 3.56. The van der Waals surface area contributed by atoms with Crippen molar-refractivity contribution in [1.82, 2.24) is 10.6 Å². The van der Waals surface area contributed by atoms with Gasteiger partial charge >= 0.3 is 0 Å². The summed E-state index contributed by atoms with van der Waals surface area (Å²) < 4.78 is 5.67. The lowest BCUT2D eigenvalue weighted by atomic mass is 9.84. The van der Waals surface area contributed by atoms with Gasteiger partial charge < -0.3 is 15.4 Å². The van der Waals surface area contributed by atoms with Gasteiger partial charge in [-0.2, -0.15) is 0 Å². The third-order valence-corrected chi connectivity index (χ3v) is 5.11. The molecule has 0 spiro atoms. The Kier molecular flexibility index (Phi) is 9.71. The minimum Gasteiger partial charge on any atom is -0.378 e. The van der Waals surface area contributed by atoms with Gasteiger partial charge in [0.2, 0.25) is 0 Å². The third kappa shape index (κ3) is 6.22. The normalized spacial score (nSPS) is 24.1. The van der Waals surface area contributed by atoms with Gasteiger partial charge in [-0.05, 0) is 50.9 Å². The van der Waals surface area contributed by atoms with Crippen LogP contribution in [-0.2, 0) is 4.74 Å². The lowest BCUT2D eigenvalue weighted by molar-refractivity contribution is 0.105. The Morgan fingerprint density at radius 2 is 1.95 bits per heavy atom. The van der Waals surface area contributed by atoms with E-state index in [2.05, 4.69) is 24.5 Å². The molecule has 5 heteroatoms. The average Bonchev–Trinajstić information content (AvgIpc) is 3.17. The van der Waals surface area contributed by atoms with Crippen LogP contribution in [-0.4, -0.2) is 38.3 Å². The van der Waals surface area contributed by atoms with E-state index in [4.69, 9.17) is 9.73 Å². The van der Waals surface area contributed by atoms with E-state index in [1.165, 1.54) is 44.9 Å². The maximum atomic E-state index is 5.67. The second kappa shape index (κ2) is 10.7. The van der Waals surface area contributed by atoms with Gasteiger partial charge in [-0.25, -0.2) is 0 Å². The molecule has 1 atom stereocenters. The zero-order chi connectivity index (χ0) is 15.0. The second-order valence-electron chi connectivity index (χ2n) is 6.61. The molecule has 0 aromatic heterocycles. The van der Waals surface area contributed by atoms with E-state index in [0.717, 1.165) is 38.6 Å². The topological polar surface area (TPSA) is 45.7 Å². The number of nitrogens with zero attached hydrogens (tertiary/aromatic N) is 1. The third-order valence-electron chi connectivity index (χ3n) is 5.11. The van der Waals surface area contributed by atoms with Gasteiger partial charge in [0, 0.05) is 26.2 Å². The number of hydrogen-bond acceptors (Lipinski definition) is 2. The largest absolute Gasteiger partial charge is 0.378 e. The molecule has 4 nitrogen and oxygen atoms in total. The molecule has 2 rings (SSSR count). The molecule has 130 valence electrons. The van der Waals surface area contributed by atoms with Crippen LogP contribution in [0, 0.1) is 5.41 Å². The Balaban J connectivity index is 0.00000242. The first-order valence-corrected chi connectivity index (χ1v) is 8.92.